The van der Waals surface area contributed by atoms with Crippen LogP contribution in [0.15, 0.2) is 12.1 Å². The Morgan fingerprint density at radius 1 is 1.47 bits per heavy atom. The lowest BCUT2D eigenvalue weighted by Crippen LogP contribution is -2.39. The Morgan fingerprint density at radius 2 is 2.18 bits per heavy atom. The molecule has 0 saturated carbocycles. The molecule has 1 amide bonds. The van der Waals surface area contributed by atoms with Gasteiger partial charge in [-0.25, -0.2) is 4.98 Å². The van der Waals surface area contributed by atoms with Crippen LogP contribution in [0.5, 0.6) is 0 Å². The second-order valence-electron chi connectivity index (χ2n) is 4.13. The minimum atomic E-state index is -0.0847. The normalized spacial score (nSPS) is 16.8. The molecule has 0 aliphatic carbocycles. The first-order valence-corrected chi connectivity index (χ1v) is 6.06. The molecular weight excluding hydrogens is 240 g/mol. The second-order valence-corrected chi connectivity index (χ2v) is 4.51. The molecule has 1 saturated heterocycles. The van der Waals surface area contributed by atoms with Gasteiger partial charge in [-0.1, -0.05) is 11.6 Å². The van der Waals surface area contributed by atoms with Crippen molar-refractivity contribution < 1.29 is 9.53 Å². The van der Waals surface area contributed by atoms with Gasteiger partial charge in [0.25, 0.3) is 5.91 Å². The largest absolute Gasteiger partial charge is 0.381 e. The molecule has 2 rings (SSSR count). The van der Waals surface area contributed by atoms with Crippen molar-refractivity contribution in [1.29, 1.82) is 0 Å². The Labute approximate surface area is 105 Å². The van der Waals surface area contributed by atoms with Gasteiger partial charge in [0.05, 0.1) is 11.3 Å². The highest BCUT2D eigenvalue weighted by atomic mass is 35.5. The van der Waals surface area contributed by atoms with Gasteiger partial charge < -0.3 is 10.1 Å². The maximum absolute atomic E-state index is 12.0. The fourth-order valence-electron chi connectivity index (χ4n) is 1.88. The smallest absolute Gasteiger partial charge is 0.253 e. The van der Waals surface area contributed by atoms with Crippen molar-refractivity contribution in [3.63, 3.8) is 0 Å². The third-order valence-corrected chi connectivity index (χ3v) is 3.06. The second kappa shape index (κ2) is 5.47. The van der Waals surface area contributed by atoms with Gasteiger partial charge >= 0.3 is 0 Å². The van der Waals surface area contributed by atoms with Gasteiger partial charge in [-0.05, 0) is 31.9 Å². The van der Waals surface area contributed by atoms with Crippen molar-refractivity contribution in [3.8, 4) is 0 Å². The van der Waals surface area contributed by atoms with E-state index in [9.17, 15) is 4.79 Å². The molecule has 5 heteroatoms. The molecule has 0 atom stereocenters. The van der Waals surface area contributed by atoms with E-state index >= 15 is 0 Å². The molecule has 1 fully saturated rings. The number of pyridine rings is 1. The number of nitrogens with one attached hydrogen (secondary N) is 1. The lowest BCUT2D eigenvalue weighted by molar-refractivity contribution is 0.0696. The van der Waals surface area contributed by atoms with E-state index < -0.39 is 0 Å². The van der Waals surface area contributed by atoms with Crippen LogP contribution in [0.2, 0.25) is 5.15 Å². The monoisotopic (exact) mass is 254 g/mol. The molecule has 1 aromatic heterocycles. The Hall–Kier alpha value is -1.13. The molecule has 1 aliphatic heterocycles. The van der Waals surface area contributed by atoms with Crippen LogP contribution >= 0.6 is 11.6 Å². The molecule has 1 aliphatic rings. The lowest BCUT2D eigenvalue weighted by Gasteiger charge is -2.23. The SMILES string of the molecule is Cc1nc(Cl)ccc1C(=O)NC1CCOCC1. The maximum atomic E-state index is 12.0. The van der Waals surface area contributed by atoms with Crippen molar-refractivity contribution in [2.45, 2.75) is 25.8 Å². The van der Waals surface area contributed by atoms with E-state index in [0.717, 1.165) is 12.8 Å². The third kappa shape index (κ3) is 3.17. The molecular formula is C12H15ClN2O2. The number of amides is 1. The molecule has 0 spiro atoms. The zero-order valence-corrected chi connectivity index (χ0v) is 10.5. The van der Waals surface area contributed by atoms with Crippen molar-refractivity contribution in [1.82, 2.24) is 10.3 Å². The average Bonchev–Trinajstić information content (AvgIpc) is 2.30. The van der Waals surface area contributed by atoms with Crippen molar-refractivity contribution >= 4 is 17.5 Å². The predicted octanol–water partition coefficient (Wildman–Crippen LogP) is 1.95. The minimum Gasteiger partial charge on any atom is -0.381 e. The summed E-state index contributed by atoms with van der Waals surface area (Å²) < 4.78 is 5.25. The first-order valence-electron chi connectivity index (χ1n) is 5.68. The van der Waals surface area contributed by atoms with Crippen LogP contribution in [0, 0.1) is 6.92 Å². The third-order valence-electron chi connectivity index (χ3n) is 2.85. The first-order chi connectivity index (χ1) is 8.16. The summed E-state index contributed by atoms with van der Waals surface area (Å²) in [6.45, 7) is 3.20. The summed E-state index contributed by atoms with van der Waals surface area (Å²) in [6, 6.07) is 3.54. The van der Waals surface area contributed by atoms with Crippen LogP contribution in [-0.2, 0) is 4.74 Å². The van der Waals surface area contributed by atoms with Crippen LogP contribution in [0.3, 0.4) is 0 Å². The Bertz CT molecular complexity index is 417. The maximum Gasteiger partial charge on any atom is 0.253 e. The van der Waals surface area contributed by atoms with E-state index in [4.69, 9.17) is 16.3 Å². The summed E-state index contributed by atoms with van der Waals surface area (Å²) in [5, 5.41) is 3.40. The zero-order chi connectivity index (χ0) is 12.3. The molecule has 0 radical (unpaired) electrons. The molecule has 92 valence electrons. The van der Waals surface area contributed by atoms with Crippen LogP contribution in [0.1, 0.15) is 28.9 Å². The molecule has 0 unspecified atom stereocenters. The number of rotatable bonds is 2. The average molecular weight is 255 g/mol. The van der Waals surface area contributed by atoms with Crippen molar-refractivity contribution in [2.24, 2.45) is 0 Å². The van der Waals surface area contributed by atoms with Crippen LogP contribution in [0.25, 0.3) is 0 Å². The first kappa shape index (κ1) is 12.3. The van der Waals surface area contributed by atoms with E-state index in [1.165, 1.54) is 0 Å². The minimum absolute atomic E-state index is 0.0847. The number of ether oxygens (including phenoxy) is 1. The topological polar surface area (TPSA) is 51.2 Å². The molecule has 17 heavy (non-hydrogen) atoms. The summed E-state index contributed by atoms with van der Waals surface area (Å²) in [7, 11) is 0. The summed E-state index contributed by atoms with van der Waals surface area (Å²) in [6.07, 6.45) is 1.73. The number of carbonyl (C=O) groups is 1. The quantitative estimate of drug-likeness (QED) is 0.821. The summed E-state index contributed by atoms with van der Waals surface area (Å²) in [5.41, 5.74) is 1.24. The Balaban J connectivity index is 2.03. The lowest BCUT2D eigenvalue weighted by atomic mass is 10.1. The molecule has 0 bridgehead atoms. The van der Waals surface area contributed by atoms with E-state index in [-0.39, 0.29) is 11.9 Å². The number of aromatic nitrogens is 1. The van der Waals surface area contributed by atoms with Gasteiger partial charge in [-0.3, -0.25) is 4.79 Å². The molecule has 1 N–H and O–H groups in total. The summed E-state index contributed by atoms with van der Waals surface area (Å²) in [4.78, 5) is 16.1. The molecule has 4 nitrogen and oxygen atoms in total. The van der Waals surface area contributed by atoms with Gasteiger partial charge in [0.1, 0.15) is 5.15 Å². The van der Waals surface area contributed by atoms with Gasteiger partial charge in [0.15, 0.2) is 0 Å². The molecule has 2 heterocycles. The fraction of sp³-hybridized carbons (Fsp3) is 0.500. The van der Waals surface area contributed by atoms with Crippen molar-refractivity contribution in [2.75, 3.05) is 13.2 Å². The van der Waals surface area contributed by atoms with Gasteiger partial charge in [0.2, 0.25) is 0 Å². The van der Waals surface area contributed by atoms with Crippen molar-refractivity contribution in [3.05, 3.63) is 28.5 Å². The highest BCUT2D eigenvalue weighted by Gasteiger charge is 2.18. The summed E-state index contributed by atoms with van der Waals surface area (Å²) in [5.74, 6) is -0.0847. The number of aryl methyl sites for hydroxylation is 1. The van der Waals surface area contributed by atoms with Gasteiger partial charge in [-0.2, -0.15) is 0 Å². The highest BCUT2D eigenvalue weighted by Crippen LogP contribution is 2.12. The summed E-state index contributed by atoms with van der Waals surface area (Å²) >= 11 is 5.75. The van der Waals surface area contributed by atoms with Crippen LogP contribution in [-0.4, -0.2) is 30.1 Å². The standard InChI is InChI=1S/C12H15ClN2O2/c1-8-10(2-3-11(13)14-8)12(16)15-9-4-6-17-7-5-9/h2-3,9H,4-7H2,1H3,(H,15,16). The van der Waals surface area contributed by atoms with Gasteiger partial charge in [-0.15, -0.1) is 0 Å². The number of hydrogen-bond donors (Lipinski definition) is 1. The van der Waals surface area contributed by atoms with Gasteiger partial charge in [0, 0.05) is 19.3 Å². The number of hydrogen-bond acceptors (Lipinski definition) is 3. The highest BCUT2D eigenvalue weighted by molar-refractivity contribution is 6.29. The molecule has 0 aromatic carbocycles. The van der Waals surface area contributed by atoms with Crippen LogP contribution in [0.4, 0.5) is 0 Å². The van der Waals surface area contributed by atoms with E-state index in [2.05, 4.69) is 10.3 Å². The predicted molar refractivity (Wildman–Crippen MR) is 65.3 cm³/mol. The Kier molecular flexibility index (Phi) is 3.97. The van der Waals surface area contributed by atoms with E-state index in [1.807, 2.05) is 0 Å². The number of halogens is 1. The number of nitrogens with zero attached hydrogens (tertiary/aromatic N) is 1. The Morgan fingerprint density at radius 3 is 2.82 bits per heavy atom. The van der Waals surface area contributed by atoms with E-state index in [0.29, 0.717) is 29.6 Å². The van der Waals surface area contributed by atoms with E-state index in [1.54, 1.807) is 19.1 Å². The fourth-order valence-corrected chi connectivity index (χ4v) is 2.07. The number of carbonyl (C=O) groups excluding carboxylic acids is 1. The molecule has 1 aromatic rings. The zero-order valence-electron chi connectivity index (χ0n) is 9.70. The van der Waals surface area contributed by atoms with Crippen LogP contribution < -0.4 is 5.32 Å².